The Balaban J connectivity index is 2.72. The van der Waals surface area contributed by atoms with Crippen LogP contribution < -0.4 is 4.74 Å². The van der Waals surface area contributed by atoms with Gasteiger partial charge in [-0.2, -0.15) is 0 Å². The number of ketones is 1. The number of fused-ring (bicyclic) bond motifs is 1. The molecule has 0 saturated carbocycles. The van der Waals surface area contributed by atoms with Gasteiger partial charge < -0.3 is 4.74 Å². The van der Waals surface area contributed by atoms with E-state index in [9.17, 15) is 4.79 Å². The van der Waals surface area contributed by atoms with E-state index in [1.807, 2.05) is 19.1 Å². The summed E-state index contributed by atoms with van der Waals surface area (Å²) >= 11 is 3.32. The third-order valence-electron chi connectivity index (χ3n) is 1.93. The van der Waals surface area contributed by atoms with Gasteiger partial charge >= 0.3 is 0 Å². The number of benzene rings is 1. The molecule has 0 saturated heterocycles. The SMILES string of the molecule is Cc1ccc(Br)c2c1OCC2=O. The van der Waals surface area contributed by atoms with Gasteiger partial charge in [0.25, 0.3) is 0 Å². The van der Waals surface area contributed by atoms with Gasteiger partial charge in [-0.25, -0.2) is 0 Å². The van der Waals surface area contributed by atoms with Gasteiger partial charge in [-0.3, -0.25) is 4.79 Å². The summed E-state index contributed by atoms with van der Waals surface area (Å²) in [6.45, 7) is 2.11. The van der Waals surface area contributed by atoms with Crippen molar-refractivity contribution in [1.29, 1.82) is 0 Å². The fraction of sp³-hybridized carbons (Fsp3) is 0.222. The molecule has 62 valence electrons. The molecule has 1 heterocycles. The first kappa shape index (κ1) is 7.80. The Morgan fingerprint density at radius 2 is 2.25 bits per heavy atom. The van der Waals surface area contributed by atoms with Crippen LogP contribution in [-0.2, 0) is 0 Å². The molecule has 2 nitrogen and oxygen atoms in total. The monoisotopic (exact) mass is 226 g/mol. The van der Waals surface area contributed by atoms with Crippen LogP contribution in [0.1, 0.15) is 15.9 Å². The van der Waals surface area contributed by atoms with Crippen LogP contribution in [0.3, 0.4) is 0 Å². The van der Waals surface area contributed by atoms with Crippen molar-refractivity contribution in [3.05, 3.63) is 27.7 Å². The zero-order valence-electron chi connectivity index (χ0n) is 6.56. The molecule has 0 spiro atoms. The van der Waals surface area contributed by atoms with Crippen LogP contribution in [0.15, 0.2) is 16.6 Å². The molecule has 0 unspecified atom stereocenters. The lowest BCUT2D eigenvalue weighted by atomic mass is 10.1. The predicted molar refractivity (Wildman–Crippen MR) is 48.7 cm³/mol. The van der Waals surface area contributed by atoms with Crippen molar-refractivity contribution in [3.63, 3.8) is 0 Å². The van der Waals surface area contributed by atoms with Gasteiger partial charge in [0.2, 0.25) is 5.78 Å². The van der Waals surface area contributed by atoms with Crippen molar-refractivity contribution < 1.29 is 9.53 Å². The van der Waals surface area contributed by atoms with E-state index in [2.05, 4.69) is 15.9 Å². The first-order valence-corrected chi connectivity index (χ1v) is 4.44. The first-order valence-electron chi connectivity index (χ1n) is 3.65. The van der Waals surface area contributed by atoms with E-state index in [1.165, 1.54) is 0 Å². The summed E-state index contributed by atoms with van der Waals surface area (Å²) in [5.41, 5.74) is 1.70. The van der Waals surface area contributed by atoms with Crippen molar-refractivity contribution in [2.75, 3.05) is 6.61 Å². The van der Waals surface area contributed by atoms with E-state index in [1.54, 1.807) is 0 Å². The third kappa shape index (κ3) is 0.966. The largest absolute Gasteiger partial charge is 0.484 e. The molecule has 1 aromatic rings. The molecule has 2 rings (SSSR count). The smallest absolute Gasteiger partial charge is 0.205 e. The summed E-state index contributed by atoms with van der Waals surface area (Å²) in [4.78, 5) is 11.3. The molecule has 1 aliphatic heterocycles. The molecule has 0 aromatic heterocycles. The minimum atomic E-state index is 0.0561. The van der Waals surface area contributed by atoms with Gasteiger partial charge in [0, 0.05) is 4.47 Å². The fourth-order valence-electron chi connectivity index (χ4n) is 1.32. The summed E-state index contributed by atoms with van der Waals surface area (Å²) in [6.07, 6.45) is 0. The maximum atomic E-state index is 11.3. The van der Waals surface area contributed by atoms with Crippen molar-refractivity contribution in [1.82, 2.24) is 0 Å². The number of Topliss-reactive ketones (excluding diaryl/α,β-unsaturated/α-hetero) is 1. The highest BCUT2D eigenvalue weighted by atomic mass is 79.9. The normalized spacial score (nSPS) is 14.3. The minimum Gasteiger partial charge on any atom is -0.484 e. The second-order valence-electron chi connectivity index (χ2n) is 2.78. The van der Waals surface area contributed by atoms with Gasteiger partial charge in [-0.05, 0) is 34.5 Å². The maximum Gasteiger partial charge on any atom is 0.205 e. The maximum absolute atomic E-state index is 11.3. The highest BCUT2D eigenvalue weighted by Gasteiger charge is 2.25. The van der Waals surface area contributed by atoms with Gasteiger partial charge in [0.1, 0.15) is 5.75 Å². The molecule has 0 fully saturated rings. The molecule has 1 aliphatic rings. The van der Waals surface area contributed by atoms with Gasteiger partial charge in [-0.1, -0.05) is 6.07 Å². The van der Waals surface area contributed by atoms with Crippen molar-refractivity contribution in [2.45, 2.75) is 6.92 Å². The number of halogens is 1. The Hall–Kier alpha value is -0.830. The molecule has 0 bridgehead atoms. The van der Waals surface area contributed by atoms with Crippen LogP contribution in [0.25, 0.3) is 0 Å². The van der Waals surface area contributed by atoms with Gasteiger partial charge in [0.05, 0.1) is 5.56 Å². The molecular formula is C9H7BrO2. The lowest BCUT2D eigenvalue weighted by molar-refractivity contribution is 0.0960. The third-order valence-corrected chi connectivity index (χ3v) is 2.59. The lowest BCUT2D eigenvalue weighted by Crippen LogP contribution is -1.99. The Kier molecular flexibility index (Phi) is 1.68. The number of hydrogen-bond donors (Lipinski definition) is 0. The number of carbonyl (C=O) groups excluding carboxylic acids is 1. The van der Waals surface area contributed by atoms with Gasteiger partial charge in [-0.15, -0.1) is 0 Å². The van der Waals surface area contributed by atoms with Crippen molar-refractivity contribution in [2.24, 2.45) is 0 Å². The van der Waals surface area contributed by atoms with E-state index in [-0.39, 0.29) is 12.4 Å². The number of ether oxygens (including phenoxy) is 1. The Morgan fingerprint density at radius 1 is 1.50 bits per heavy atom. The summed E-state index contributed by atoms with van der Waals surface area (Å²) in [5.74, 6) is 0.787. The van der Waals surface area contributed by atoms with Crippen LogP contribution in [0.5, 0.6) is 5.75 Å². The zero-order chi connectivity index (χ0) is 8.72. The molecule has 0 radical (unpaired) electrons. The quantitative estimate of drug-likeness (QED) is 0.679. The molecule has 12 heavy (non-hydrogen) atoms. The van der Waals surface area contributed by atoms with Crippen LogP contribution in [0.4, 0.5) is 0 Å². The fourth-order valence-corrected chi connectivity index (χ4v) is 1.85. The Morgan fingerprint density at radius 3 is 2.92 bits per heavy atom. The summed E-state index contributed by atoms with van der Waals surface area (Å²) in [6, 6.07) is 3.81. The van der Waals surface area contributed by atoms with Gasteiger partial charge in [0.15, 0.2) is 6.61 Å². The summed E-state index contributed by atoms with van der Waals surface area (Å²) < 4.78 is 6.07. The number of rotatable bonds is 0. The molecule has 3 heteroatoms. The van der Waals surface area contributed by atoms with Crippen LogP contribution in [0, 0.1) is 6.92 Å². The number of hydrogen-bond acceptors (Lipinski definition) is 2. The average Bonchev–Trinajstić information content (AvgIpc) is 2.42. The lowest BCUT2D eigenvalue weighted by Gasteiger charge is -2.02. The zero-order valence-corrected chi connectivity index (χ0v) is 8.14. The molecule has 0 atom stereocenters. The molecule has 1 aromatic carbocycles. The van der Waals surface area contributed by atoms with E-state index in [0.29, 0.717) is 5.56 Å². The number of carbonyl (C=O) groups is 1. The Bertz CT molecular complexity index is 358. The molecule has 0 aliphatic carbocycles. The van der Waals surface area contributed by atoms with Crippen LogP contribution in [-0.4, -0.2) is 12.4 Å². The second-order valence-corrected chi connectivity index (χ2v) is 3.63. The number of aryl methyl sites for hydroxylation is 1. The predicted octanol–water partition coefficient (Wildman–Crippen LogP) is 2.33. The van der Waals surface area contributed by atoms with Crippen LogP contribution in [0.2, 0.25) is 0 Å². The molecular weight excluding hydrogens is 220 g/mol. The van der Waals surface area contributed by atoms with Crippen molar-refractivity contribution >= 4 is 21.7 Å². The van der Waals surface area contributed by atoms with Crippen molar-refractivity contribution in [3.8, 4) is 5.75 Å². The van der Waals surface area contributed by atoms with E-state index >= 15 is 0 Å². The van der Waals surface area contributed by atoms with E-state index in [0.717, 1.165) is 15.8 Å². The minimum absolute atomic E-state index is 0.0561. The highest BCUT2D eigenvalue weighted by molar-refractivity contribution is 9.10. The summed E-state index contributed by atoms with van der Waals surface area (Å²) in [5, 5.41) is 0. The summed E-state index contributed by atoms with van der Waals surface area (Å²) in [7, 11) is 0. The van der Waals surface area contributed by atoms with E-state index < -0.39 is 0 Å². The Labute approximate surface area is 78.7 Å². The first-order chi connectivity index (χ1) is 5.70. The molecule has 0 N–H and O–H groups in total. The second kappa shape index (κ2) is 2.59. The standard InChI is InChI=1S/C9H7BrO2/c1-5-2-3-6(10)8-7(11)4-12-9(5)8/h2-3H,4H2,1H3. The van der Waals surface area contributed by atoms with E-state index in [4.69, 9.17) is 4.74 Å². The highest BCUT2D eigenvalue weighted by Crippen LogP contribution is 2.34. The van der Waals surface area contributed by atoms with Crippen LogP contribution >= 0.6 is 15.9 Å². The topological polar surface area (TPSA) is 26.3 Å². The molecule has 0 amide bonds. The average molecular weight is 227 g/mol.